The maximum absolute atomic E-state index is 6.14. The number of nitrogens with two attached hydrogens (primary N) is 1. The number of benzene rings is 1. The summed E-state index contributed by atoms with van der Waals surface area (Å²) in [6.45, 7) is 1.72. The molecule has 0 saturated carbocycles. The molecule has 0 amide bonds. The van der Waals surface area contributed by atoms with Crippen LogP contribution in [0.5, 0.6) is 0 Å². The minimum Gasteiger partial charge on any atom is -0.381 e. The lowest BCUT2D eigenvalue weighted by Gasteiger charge is -2.16. The first-order chi connectivity index (χ1) is 7.27. The Morgan fingerprint density at radius 3 is 2.93 bits per heavy atom. The summed E-state index contributed by atoms with van der Waals surface area (Å²) in [6, 6.07) is 7.83. The summed E-state index contributed by atoms with van der Waals surface area (Å²) in [5.74, 6) is 0.594. The van der Waals surface area contributed by atoms with Crippen LogP contribution in [0, 0.1) is 5.92 Å². The zero-order chi connectivity index (χ0) is 10.7. The first-order valence-electron chi connectivity index (χ1n) is 5.35. The van der Waals surface area contributed by atoms with Crippen molar-refractivity contribution in [1.82, 2.24) is 0 Å². The highest BCUT2D eigenvalue weighted by atomic mass is 35.5. The lowest BCUT2D eigenvalue weighted by molar-refractivity contribution is 0.182. The summed E-state index contributed by atoms with van der Waals surface area (Å²) in [4.78, 5) is 0. The van der Waals surface area contributed by atoms with Crippen LogP contribution >= 0.6 is 11.6 Å². The third kappa shape index (κ3) is 2.71. The number of rotatable bonds is 3. The van der Waals surface area contributed by atoms with Gasteiger partial charge in [-0.1, -0.05) is 29.8 Å². The van der Waals surface area contributed by atoms with Crippen molar-refractivity contribution in [3.05, 3.63) is 34.9 Å². The molecular formula is C12H16ClNO. The monoisotopic (exact) mass is 225 g/mol. The Kier molecular flexibility index (Phi) is 3.62. The Morgan fingerprint density at radius 2 is 2.27 bits per heavy atom. The number of hydrogen-bond donors (Lipinski definition) is 1. The van der Waals surface area contributed by atoms with Crippen LogP contribution in [0.3, 0.4) is 0 Å². The minimum absolute atomic E-state index is 0.0328. The molecule has 0 aromatic heterocycles. The summed E-state index contributed by atoms with van der Waals surface area (Å²) in [5, 5.41) is 0.768. The fraction of sp³-hybridized carbons (Fsp3) is 0.500. The van der Waals surface area contributed by atoms with Crippen LogP contribution in [0.15, 0.2) is 24.3 Å². The van der Waals surface area contributed by atoms with E-state index in [1.54, 1.807) is 0 Å². The molecule has 82 valence electrons. The van der Waals surface area contributed by atoms with Crippen LogP contribution in [-0.2, 0) is 4.74 Å². The van der Waals surface area contributed by atoms with Crippen LogP contribution < -0.4 is 5.73 Å². The molecule has 2 unspecified atom stereocenters. The summed E-state index contributed by atoms with van der Waals surface area (Å²) in [5.41, 5.74) is 7.18. The van der Waals surface area contributed by atoms with Gasteiger partial charge >= 0.3 is 0 Å². The molecule has 3 heteroatoms. The van der Waals surface area contributed by atoms with Gasteiger partial charge in [-0.05, 0) is 30.4 Å². The molecule has 2 rings (SSSR count). The number of halogens is 1. The highest BCUT2D eigenvalue weighted by Crippen LogP contribution is 2.28. The first kappa shape index (κ1) is 10.9. The standard InChI is InChI=1S/C12H16ClNO/c13-11-4-2-1-3-10(11)12(14)7-9-5-6-15-8-9/h1-4,9,12H,5-8,14H2. The van der Waals surface area contributed by atoms with Gasteiger partial charge in [0.05, 0.1) is 0 Å². The second-order valence-electron chi connectivity index (χ2n) is 4.09. The van der Waals surface area contributed by atoms with Gasteiger partial charge in [0.2, 0.25) is 0 Å². The topological polar surface area (TPSA) is 35.2 Å². The van der Waals surface area contributed by atoms with Crippen LogP contribution in [0.4, 0.5) is 0 Å². The van der Waals surface area contributed by atoms with Crippen LogP contribution in [0.25, 0.3) is 0 Å². The van der Waals surface area contributed by atoms with Gasteiger partial charge in [-0.15, -0.1) is 0 Å². The van der Waals surface area contributed by atoms with Gasteiger partial charge < -0.3 is 10.5 Å². The highest BCUT2D eigenvalue weighted by Gasteiger charge is 2.20. The van der Waals surface area contributed by atoms with Gasteiger partial charge in [0.1, 0.15) is 0 Å². The summed E-state index contributed by atoms with van der Waals surface area (Å²) in [7, 11) is 0. The first-order valence-corrected chi connectivity index (χ1v) is 5.73. The van der Waals surface area contributed by atoms with Crippen molar-refractivity contribution in [2.24, 2.45) is 11.7 Å². The van der Waals surface area contributed by atoms with Crippen LogP contribution in [0.2, 0.25) is 5.02 Å². The van der Waals surface area contributed by atoms with Crippen molar-refractivity contribution in [3.63, 3.8) is 0 Å². The van der Waals surface area contributed by atoms with E-state index in [4.69, 9.17) is 22.1 Å². The highest BCUT2D eigenvalue weighted by molar-refractivity contribution is 6.31. The van der Waals surface area contributed by atoms with Crippen molar-refractivity contribution in [3.8, 4) is 0 Å². The average molecular weight is 226 g/mol. The maximum atomic E-state index is 6.14. The molecule has 15 heavy (non-hydrogen) atoms. The third-order valence-electron chi connectivity index (χ3n) is 2.92. The molecule has 2 atom stereocenters. The van der Waals surface area contributed by atoms with Crippen molar-refractivity contribution in [2.45, 2.75) is 18.9 Å². The predicted molar refractivity (Wildman–Crippen MR) is 61.9 cm³/mol. The normalized spacial score (nSPS) is 22.9. The van der Waals surface area contributed by atoms with E-state index in [2.05, 4.69) is 0 Å². The predicted octanol–water partition coefficient (Wildman–Crippen LogP) is 2.77. The van der Waals surface area contributed by atoms with Crippen molar-refractivity contribution in [1.29, 1.82) is 0 Å². The molecule has 1 fully saturated rings. The number of hydrogen-bond acceptors (Lipinski definition) is 2. The lowest BCUT2D eigenvalue weighted by Crippen LogP contribution is -2.16. The average Bonchev–Trinajstić information content (AvgIpc) is 2.71. The summed E-state index contributed by atoms with van der Waals surface area (Å²) < 4.78 is 5.34. The zero-order valence-corrected chi connectivity index (χ0v) is 9.41. The molecule has 1 aromatic rings. The van der Waals surface area contributed by atoms with Crippen molar-refractivity contribution in [2.75, 3.05) is 13.2 Å². The second kappa shape index (κ2) is 4.97. The second-order valence-corrected chi connectivity index (χ2v) is 4.50. The Morgan fingerprint density at radius 1 is 1.47 bits per heavy atom. The van der Waals surface area contributed by atoms with Crippen molar-refractivity contribution < 1.29 is 4.74 Å². The van der Waals surface area contributed by atoms with Gasteiger partial charge in [-0.2, -0.15) is 0 Å². The van der Waals surface area contributed by atoms with Gasteiger partial charge in [-0.3, -0.25) is 0 Å². The van der Waals surface area contributed by atoms with E-state index < -0.39 is 0 Å². The largest absolute Gasteiger partial charge is 0.381 e. The number of ether oxygens (including phenoxy) is 1. The Labute approximate surface area is 95.4 Å². The Bertz CT molecular complexity index is 323. The van der Waals surface area contributed by atoms with E-state index >= 15 is 0 Å². The molecule has 2 nitrogen and oxygen atoms in total. The Balaban J connectivity index is 2.00. The van der Waals surface area contributed by atoms with Gasteiger partial charge in [-0.25, -0.2) is 0 Å². The van der Waals surface area contributed by atoms with E-state index in [-0.39, 0.29) is 6.04 Å². The zero-order valence-electron chi connectivity index (χ0n) is 8.66. The van der Waals surface area contributed by atoms with Gasteiger partial charge in [0.15, 0.2) is 0 Å². The molecule has 0 radical (unpaired) electrons. The SMILES string of the molecule is NC(CC1CCOC1)c1ccccc1Cl. The minimum atomic E-state index is 0.0328. The smallest absolute Gasteiger partial charge is 0.0495 e. The molecule has 0 bridgehead atoms. The molecule has 0 spiro atoms. The third-order valence-corrected chi connectivity index (χ3v) is 3.26. The quantitative estimate of drug-likeness (QED) is 0.859. The molecule has 1 aliphatic rings. The molecule has 1 aromatic carbocycles. The van der Waals surface area contributed by atoms with Crippen LogP contribution in [-0.4, -0.2) is 13.2 Å². The fourth-order valence-corrected chi connectivity index (χ4v) is 2.31. The molecule has 0 aliphatic carbocycles. The van der Waals surface area contributed by atoms with E-state index in [1.807, 2.05) is 24.3 Å². The van der Waals surface area contributed by atoms with E-state index in [0.717, 1.165) is 36.6 Å². The van der Waals surface area contributed by atoms with E-state index in [0.29, 0.717) is 5.92 Å². The van der Waals surface area contributed by atoms with E-state index in [1.165, 1.54) is 0 Å². The molecular weight excluding hydrogens is 210 g/mol. The molecule has 1 heterocycles. The van der Waals surface area contributed by atoms with Crippen LogP contribution in [0.1, 0.15) is 24.4 Å². The van der Waals surface area contributed by atoms with Crippen molar-refractivity contribution >= 4 is 11.6 Å². The summed E-state index contributed by atoms with van der Waals surface area (Å²) in [6.07, 6.45) is 2.09. The fourth-order valence-electron chi connectivity index (χ4n) is 2.03. The van der Waals surface area contributed by atoms with E-state index in [9.17, 15) is 0 Å². The lowest BCUT2D eigenvalue weighted by atomic mass is 9.95. The summed E-state index contributed by atoms with van der Waals surface area (Å²) >= 11 is 6.09. The molecule has 2 N–H and O–H groups in total. The van der Waals surface area contributed by atoms with Gasteiger partial charge in [0.25, 0.3) is 0 Å². The Hall–Kier alpha value is -0.570. The molecule has 1 aliphatic heterocycles. The van der Waals surface area contributed by atoms with Gasteiger partial charge in [0, 0.05) is 24.3 Å². The maximum Gasteiger partial charge on any atom is 0.0495 e. The molecule has 1 saturated heterocycles.